The zero-order valence-corrected chi connectivity index (χ0v) is 9.09. The van der Waals surface area contributed by atoms with Crippen molar-refractivity contribution in [3.05, 3.63) is 12.4 Å². The van der Waals surface area contributed by atoms with Crippen molar-refractivity contribution < 1.29 is 18.8 Å². The molecule has 0 saturated heterocycles. The van der Waals surface area contributed by atoms with Gasteiger partial charge in [-0.15, -0.1) is 0 Å². The van der Waals surface area contributed by atoms with E-state index in [1.807, 2.05) is 0 Å². The SMILES string of the molecule is CCCCN1C=CN(C)C1.F.F.F.F.[B]. The van der Waals surface area contributed by atoms with Gasteiger partial charge in [-0.3, -0.25) is 18.8 Å². The Balaban J connectivity index is -0.0000000667. The highest BCUT2D eigenvalue weighted by atomic mass is 19.0. The third-order valence-corrected chi connectivity index (χ3v) is 1.74. The molecule has 0 aromatic carbocycles. The van der Waals surface area contributed by atoms with Gasteiger partial charge in [0.25, 0.3) is 0 Å². The fourth-order valence-corrected chi connectivity index (χ4v) is 1.10. The molecule has 0 aromatic heterocycles. The average molecular weight is 231 g/mol. The third kappa shape index (κ3) is 11.0. The highest BCUT2D eigenvalue weighted by molar-refractivity contribution is 5.75. The molecule has 0 aliphatic carbocycles. The maximum atomic E-state index is 2.34. The standard InChI is InChI=1S/C8H16N2.B.4FH/c1-3-4-5-10-7-6-9(2)8-10;;;;;/h6-7H,3-5,8H2,1-2H3;;4*1H. The van der Waals surface area contributed by atoms with E-state index in [1.165, 1.54) is 19.4 Å². The van der Waals surface area contributed by atoms with Gasteiger partial charge in [0, 0.05) is 34.4 Å². The summed E-state index contributed by atoms with van der Waals surface area (Å²) in [5.41, 5.74) is 0. The monoisotopic (exact) mass is 231 g/mol. The van der Waals surface area contributed by atoms with E-state index in [4.69, 9.17) is 0 Å². The van der Waals surface area contributed by atoms with Gasteiger partial charge in [-0.05, 0) is 6.42 Å². The summed E-state index contributed by atoms with van der Waals surface area (Å²) in [6.45, 7) is 4.50. The van der Waals surface area contributed by atoms with Crippen LogP contribution in [0.1, 0.15) is 19.8 Å². The van der Waals surface area contributed by atoms with E-state index in [-0.39, 0.29) is 27.2 Å². The third-order valence-electron chi connectivity index (χ3n) is 1.74. The van der Waals surface area contributed by atoms with Crippen molar-refractivity contribution >= 4 is 8.41 Å². The molecule has 0 unspecified atom stereocenters. The Kier molecular flexibility index (Phi) is 30.4. The molecule has 7 heteroatoms. The van der Waals surface area contributed by atoms with Crippen LogP contribution in [0, 0.1) is 0 Å². The minimum Gasteiger partial charge on any atom is -0.362 e. The second kappa shape index (κ2) is 15.6. The second-order valence-electron chi connectivity index (χ2n) is 2.86. The first kappa shape index (κ1) is 29.2. The first-order valence-electron chi connectivity index (χ1n) is 3.95. The van der Waals surface area contributed by atoms with Crippen LogP contribution < -0.4 is 0 Å². The molecule has 0 saturated carbocycles. The van der Waals surface area contributed by atoms with Crippen molar-refractivity contribution in [1.82, 2.24) is 9.80 Å². The van der Waals surface area contributed by atoms with Crippen LogP contribution in [0.15, 0.2) is 12.4 Å². The number of hydrogen-bond acceptors (Lipinski definition) is 2. The molecule has 1 aliphatic heterocycles. The van der Waals surface area contributed by atoms with E-state index in [2.05, 4.69) is 36.2 Å². The van der Waals surface area contributed by atoms with Gasteiger partial charge in [-0.1, -0.05) is 13.3 Å². The van der Waals surface area contributed by atoms with Crippen LogP contribution in [0.5, 0.6) is 0 Å². The summed E-state index contributed by atoms with van der Waals surface area (Å²) >= 11 is 0. The minimum atomic E-state index is 0. The van der Waals surface area contributed by atoms with Crippen molar-refractivity contribution in [3.8, 4) is 0 Å². The van der Waals surface area contributed by atoms with Gasteiger partial charge in [0.05, 0.1) is 6.67 Å². The van der Waals surface area contributed by atoms with Crippen molar-refractivity contribution in [2.45, 2.75) is 19.8 Å². The largest absolute Gasteiger partial charge is 0.362 e. The lowest BCUT2D eigenvalue weighted by Gasteiger charge is -2.17. The molecule has 0 amide bonds. The smallest absolute Gasteiger partial charge is 0.0890 e. The zero-order valence-electron chi connectivity index (χ0n) is 9.09. The van der Waals surface area contributed by atoms with Crippen molar-refractivity contribution in [1.29, 1.82) is 0 Å². The Morgan fingerprint density at radius 2 is 1.60 bits per heavy atom. The number of nitrogens with zero attached hydrogens (tertiary/aromatic N) is 2. The predicted molar refractivity (Wildman–Crippen MR) is 59.2 cm³/mol. The fraction of sp³-hybridized carbons (Fsp3) is 0.750. The van der Waals surface area contributed by atoms with Crippen LogP contribution in [-0.2, 0) is 0 Å². The van der Waals surface area contributed by atoms with Crippen molar-refractivity contribution in [2.75, 3.05) is 20.3 Å². The van der Waals surface area contributed by atoms with Crippen LogP contribution in [0.3, 0.4) is 0 Å². The summed E-state index contributed by atoms with van der Waals surface area (Å²) in [6.07, 6.45) is 6.87. The molecular formula is C8H20BF4N2. The van der Waals surface area contributed by atoms with Crippen LogP contribution in [-0.4, -0.2) is 38.5 Å². The van der Waals surface area contributed by atoms with Crippen molar-refractivity contribution in [3.63, 3.8) is 0 Å². The number of halogens is 4. The van der Waals surface area contributed by atoms with Crippen LogP contribution in [0.2, 0.25) is 0 Å². The second-order valence-corrected chi connectivity index (χ2v) is 2.86. The first-order valence-corrected chi connectivity index (χ1v) is 3.95. The molecule has 93 valence electrons. The lowest BCUT2D eigenvalue weighted by atomic mass is 10.3. The molecule has 15 heavy (non-hydrogen) atoms. The summed E-state index contributed by atoms with van der Waals surface area (Å²) in [4.78, 5) is 4.53. The molecule has 0 aromatic rings. The quantitative estimate of drug-likeness (QED) is 0.538. The highest BCUT2D eigenvalue weighted by Crippen LogP contribution is 2.04. The molecule has 1 aliphatic rings. The van der Waals surface area contributed by atoms with Gasteiger partial charge >= 0.3 is 0 Å². The van der Waals surface area contributed by atoms with Gasteiger partial charge in [0.15, 0.2) is 0 Å². The first-order chi connectivity index (χ1) is 4.83. The Labute approximate surface area is 90.4 Å². The number of rotatable bonds is 3. The number of hydrogen-bond donors (Lipinski definition) is 0. The van der Waals surface area contributed by atoms with Gasteiger partial charge in [0.2, 0.25) is 0 Å². The Bertz CT molecular complexity index is 138. The van der Waals surface area contributed by atoms with E-state index >= 15 is 0 Å². The topological polar surface area (TPSA) is 6.48 Å². The van der Waals surface area contributed by atoms with E-state index in [0.29, 0.717) is 0 Å². The number of unbranched alkanes of at least 4 members (excludes halogenated alkanes) is 1. The Morgan fingerprint density at radius 1 is 1.07 bits per heavy atom. The lowest BCUT2D eigenvalue weighted by molar-refractivity contribution is 0.293. The highest BCUT2D eigenvalue weighted by Gasteiger charge is 2.05. The maximum Gasteiger partial charge on any atom is 0.0890 e. The molecule has 1 rings (SSSR count). The van der Waals surface area contributed by atoms with Gasteiger partial charge in [0.1, 0.15) is 0 Å². The zero-order chi connectivity index (χ0) is 7.40. The fourth-order valence-electron chi connectivity index (χ4n) is 1.10. The summed E-state index contributed by atoms with van der Waals surface area (Å²) < 4.78 is 0. The van der Waals surface area contributed by atoms with E-state index in [1.54, 1.807) is 0 Å². The molecule has 0 atom stereocenters. The van der Waals surface area contributed by atoms with Crippen LogP contribution >= 0.6 is 0 Å². The van der Waals surface area contributed by atoms with Crippen molar-refractivity contribution in [2.24, 2.45) is 0 Å². The normalized spacial score (nSPS) is 11.3. The maximum absolute atomic E-state index is 2.34. The predicted octanol–water partition coefficient (Wildman–Crippen LogP) is 1.69. The molecule has 1 heterocycles. The Hall–Kier alpha value is -0.875. The van der Waals surface area contributed by atoms with Gasteiger partial charge in [-0.2, -0.15) is 0 Å². The molecule has 2 nitrogen and oxygen atoms in total. The lowest BCUT2D eigenvalue weighted by Crippen LogP contribution is -2.23. The van der Waals surface area contributed by atoms with Crippen LogP contribution in [0.4, 0.5) is 18.8 Å². The summed E-state index contributed by atoms with van der Waals surface area (Å²) in [5.74, 6) is 0. The summed E-state index contributed by atoms with van der Waals surface area (Å²) in [7, 11) is 2.10. The average Bonchev–Trinajstić information content (AvgIpc) is 2.31. The molecule has 0 spiro atoms. The van der Waals surface area contributed by atoms with E-state index in [0.717, 1.165) is 6.67 Å². The van der Waals surface area contributed by atoms with Crippen LogP contribution in [0.25, 0.3) is 0 Å². The minimum absolute atomic E-state index is 0. The Morgan fingerprint density at radius 3 is 1.93 bits per heavy atom. The molecule has 0 bridgehead atoms. The molecule has 0 fully saturated rings. The van der Waals surface area contributed by atoms with Gasteiger partial charge < -0.3 is 9.80 Å². The summed E-state index contributed by atoms with van der Waals surface area (Å²) in [6, 6.07) is 0. The molecule has 0 N–H and O–H groups in total. The van der Waals surface area contributed by atoms with Gasteiger partial charge in [-0.25, -0.2) is 0 Å². The van der Waals surface area contributed by atoms with E-state index in [9.17, 15) is 0 Å². The molecule has 3 radical (unpaired) electrons. The molecular weight excluding hydrogens is 211 g/mol. The summed E-state index contributed by atoms with van der Waals surface area (Å²) in [5, 5.41) is 0. The van der Waals surface area contributed by atoms with E-state index < -0.39 is 0 Å².